The van der Waals surface area contributed by atoms with Gasteiger partial charge in [0.15, 0.2) is 0 Å². The molecule has 5 nitrogen and oxygen atoms in total. The minimum atomic E-state index is -0.249. The van der Waals surface area contributed by atoms with Gasteiger partial charge in [0.1, 0.15) is 0 Å². The Bertz CT molecular complexity index is 940. The van der Waals surface area contributed by atoms with Crippen LogP contribution in [0.5, 0.6) is 0 Å². The second-order valence-corrected chi connectivity index (χ2v) is 11.8. The highest BCUT2D eigenvalue weighted by Crippen LogP contribution is 2.60. The zero-order valence-corrected chi connectivity index (χ0v) is 21.0. The van der Waals surface area contributed by atoms with Crippen molar-refractivity contribution in [2.24, 2.45) is 23.2 Å². The standard InChI is InChI=1S/C28H36N2O3S/c1-33-10-9-29(27(32)28-15-22-12-23(16-28)14-24(13-22)17-28)20-26(31)30(19-25-8-5-11-34-25)18-21-6-3-2-4-7-21/h2-8,11,22-24H,9-10,12-20H2,1H3. The first kappa shape index (κ1) is 23.6. The summed E-state index contributed by atoms with van der Waals surface area (Å²) in [5, 5.41) is 2.04. The van der Waals surface area contributed by atoms with Crippen LogP contribution in [-0.2, 0) is 27.4 Å². The van der Waals surface area contributed by atoms with Crippen LogP contribution in [0.2, 0.25) is 0 Å². The third-order valence-electron chi connectivity index (χ3n) is 8.17. The maximum absolute atomic E-state index is 14.0. The molecule has 0 atom stereocenters. The van der Waals surface area contributed by atoms with Crippen LogP contribution in [0.3, 0.4) is 0 Å². The van der Waals surface area contributed by atoms with Crippen LogP contribution in [0.1, 0.15) is 49.0 Å². The van der Waals surface area contributed by atoms with Gasteiger partial charge in [0.05, 0.1) is 25.1 Å². The van der Waals surface area contributed by atoms with E-state index in [1.165, 1.54) is 19.3 Å². The van der Waals surface area contributed by atoms with Crippen molar-refractivity contribution < 1.29 is 14.3 Å². The summed E-state index contributed by atoms with van der Waals surface area (Å²) >= 11 is 1.66. The van der Waals surface area contributed by atoms with Crippen molar-refractivity contribution in [3.63, 3.8) is 0 Å². The summed E-state index contributed by atoms with van der Waals surface area (Å²) < 4.78 is 5.35. The molecule has 0 N–H and O–H groups in total. The van der Waals surface area contributed by atoms with E-state index in [1.54, 1.807) is 18.4 Å². The average Bonchev–Trinajstić information content (AvgIpc) is 3.34. The summed E-state index contributed by atoms with van der Waals surface area (Å²) in [4.78, 5) is 32.6. The molecule has 0 unspecified atom stereocenters. The first-order chi connectivity index (χ1) is 16.5. The van der Waals surface area contributed by atoms with E-state index in [0.29, 0.717) is 44.0 Å². The Morgan fingerprint density at radius 2 is 1.62 bits per heavy atom. The number of carbonyl (C=O) groups is 2. The lowest BCUT2D eigenvalue weighted by Gasteiger charge is -2.56. The van der Waals surface area contributed by atoms with E-state index in [2.05, 4.69) is 18.2 Å². The average molecular weight is 481 g/mol. The Balaban J connectivity index is 1.34. The number of hydrogen-bond acceptors (Lipinski definition) is 4. The fourth-order valence-electron chi connectivity index (χ4n) is 7.05. The zero-order chi connectivity index (χ0) is 23.5. The molecule has 0 aliphatic heterocycles. The fourth-order valence-corrected chi connectivity index (χ4v) is 7.77. The van der Waals surface area contributed by atoms with E-state index in [-0.39, 0.29) is 23.8 Å². The van der Waals surface area contributed by atoms with E-state index < -0.39 is 0 Å². The number of amides is 2. The third-order valence-corrected chi connectivity index (χ3v) is 9.03. The van der Waals surface area contributed by atoms with Crippen LogP contribution in [-0.4, -0.2) is 48.4 Å². The molecule has 4 fully saturated rings. The number of thiophene rings is 1. The number of nitrogens with zero attached hydrogens (tertiary/aromatic N) is 2. The van der Waals surface area contributed by atoms with Gasteiger partial charge in [0, 0.05) is 25.1 Å². The summed E-state index contributed by atoms with van der Waals surface area (Å²) in [5.74, 6) is 2.30. The van der Waals surface area contributed by atoms with Gasteiger partial charge in [-0.1, -0.05) is 36.4 Å². The highest BCUT2D eigenvalue weighted by atomic mass is 32.1. The van der Waals surface area contributed by atoms with Crippen LogP contribution >= 0.6 is 11.3 Å². The molecule has 2 aromatic rings. The SMILES string of the molecule is COCCN(CC(=O)N(Cc1ccccc1)Cc1cccs1)C(=O)C12CC3CC(CC(C3)C1)C2. The van der Waals surface area contributed by atoms with E-state index in [0.717, 1.165) is 29.7 Å². The van der Waals surface area contributed by atoms with Crippen molar-refractivity contribution in [1.29, 1.82) is 0 Å². The largest absolute Gasteiger partial charge is 0.383 e. The van der Waals surface area contributed by atoms with Crippen LogP contribution in [0.4, 0.5) is 0 Å². The molecule has 182 valence electrons. The monoisotopic (exact) mass is 480 g/mol. The fraction of sp³-hybridized carbons (Fsp3) is 0.571. The molecule has 4 aliphatic rings. The van der Waals surface area contributed by atoms with Gasteiger partial charge in [-0.25, -0.2) is 0 Å². The van der Waals surface area contributed by atoms with Crippen LogP contribution in [0.15, 0.2) is 47.8 Å². The van der Waals surface area contributed by atoms with Gasteiger partial charge in [-0.3, -0.25) is 9.59 Å². The molecule has 1 aromatic heterocycles. The zero-order valence-electron chi connectivity index (χ0n) is 20.2. The summed E-state index contributed by atoms with van der Waals surface area (Å²) in [7, 11) is 1.66. The second kappa shape index (κ2) is 10.2. The third kappa shape index (κ3) is 5.08. The molecular formula is C28H36N2O3S. The van der Waals surface area contributed by atoms with Gasteiger partial charge >= 0.3 is 0 Å². The molecule has 34 heavy (non-hydrogen) atoms. The van der Waals surface area contributed by atoms with Gasteiger partial charge in [0.25, 0.3) is 0 Å². The molecule has 4 saturated carbocycles. The first-order valence-corrected chi connectivity index (χ1v) is 13.5. The van der Waals surface area contributed by atoms with Gasteiger partial charge in [-0.2, -0.15) is 0 Å². The van der Waals surface area contributed by atoms with Crippen molar-refractivity contribution in [3.05, 3.63) is 58.3 Å². The maximum Gasteiger partial charge on any atom is 0.242 e. The molecule has 4 aliphatic carbocycles. The lowest BCUT2D eigenvalue weighted by atomic mass is 9.49. The molecule has 0 saturated heterocycles. The first-order valence-electron chi connectivity index (χ1n) is 12.7. The molecule has 0 spiro atoms. The minimum absolute atomic E-state index is 0.00596. The number of ether oxygens (including phenoxy) is 1. The highest BCUT2D eigenvalue weighted by molar-refractivity contribution is 7.09. The number of methoxy groups -OCH3 is 1. The van der Waals surface area contributed by atoms with Crippen LogP contribution in [0.25, 0.3) is 0 Å². The Kier molecular flexibility index (Phi) is 7.07. The number of carbonyl (C=O) groups excluding carboxylic acids is 2. The van der Waals surface area contributed by atoms with Crippen molar-refractivity contribution in [3.8, 4) is 0 Å². The predicted molar refractivity (Wildman–Crippen MR) is 134 cm³/mol. The molecule has 2 amide bonds. The second-order valence-electron chi connectivity index (χ2n) is 10.7. The number of rotatable bonds is 10. The summed E-state index contributed by atoms with van der Waals surface area (Å²) in [5.41, 5.74) is 0.851. The Morgan fingerprint density at radius 1 is 0.941 bits per heavy atom. The normalized spacial score (nSPS) is 27.0. The summed E-state index contributed by atoms with van der Waals surface area (Å²) in [6, 6.07) is 14.2. The number of benzene rings is 1. The smallest absolute Gasteiger partial charge is 0.242 e. The maximum atomic E-state index is 14.0. The predicted octanol–water partition coefficient (Wildman–Crippen LogP) is 4.97. The molecule has 1 aromatic carbocycles. The van der Waals surface area contributed by atoms with E-state index >= 15 is 0 Å². The Hall–Kier alpha value is -2.18. The van der Waals surface area contributed by atoms with Crippen LogP contribution in [0, 0.1) is 23.2 Å². The van der Waals surface area contributed by atoms with E-state index in [4.69, 9.17) is 4.74 Å². The van der Waals surface area contributed by atoms with Crippen molar-refractivity contribution in [2.45, 2.75) is 51.6 Å². The topological polar surface area (TPSA) is 49.9 Å². The Morgan fingerprint density at radius 3 is 2.21 bits per heavy atom. The van der Waals surface area contributed by atoms with Gasteiger partial charge in [0.2, 0.25) is 11.8 Å². The van der Waals surface area contributed by atoms with Gasteiger partial charge < -0.3 is 14.5 Å². The highest BCUT2D eigenvalue weighted by Gasteiger charge is 2.55. The quantitative estimate of drug-likeness (QED) is 0.483. The molecule has 0 radical (unpaired) electrons. The van der Waals surface area contributed by atoms with Crippen molar-refractivity contribution in [2.75, 3.05) is 26.8 Å². The van der Waals surface area contributed by atoms with Crippen molar-refractivity contribution >= 4 is 23.2 Å². The Labute approximate surface area is 207 Å². The molecule has 6 rings (SSSR count). The van der Waals surface area contributed by atoms with E-state index in [9.17, 15) is 9.59 Å². The molecule has 1 heterocycles. The summed E-state index contributed by atoms with van der Waals surface area (Å²) in [6.07, 6.45) is 6.94. The molecular weight excluding hydrogens is 444 g/mol. The number of hydrogen-bond donors (Lipinski definition) is 0. The summed E-state index contributed by atoms with van der Waals surface area (Å²) in [6.45, 7) is 2.16. The minimum Gasteiger partial charge on any atom is -0.383 e. The lowest BCUT2D eigenvalue weighted by Crippen LogP contribution is -2.56. The lowest BCUT2D eigenvalue weighted by molar-refractivity contribution is -0.161. The van der Waals surface area contributed by atoms with Crippen molar-refractivity contribution in [1.82, 2.24) is 9.80 Å². The van der Waals surface area contributed by atoms with Gasteiger partial charge in [-0.15, -0.1) is 11.3 Å². The van der Waals surface area contributed by atoms with E-state index in [1.807, 2.05) is 39.4 Å². The molecule has 4 bridgehead atoms. The van der Waals surface area contributed by atoms with Gasteiger partial charge in [-0.05, 0) is 73.3 Å². The van der Waals surface area contributed by atoms with Crippen LogP contribution < -0.4 is 0 Å². The molecule has 6 heteroatoms.